The number of ketones is 1. The van der Waals surface area contributed by atoms with Crippen LogP contribution in [0.15, 0.2) is 0 Å². The highest BCUT2D eigenvalue weighted by molar-refractivity contribution is 7.14. The standard InChI is InChI=1S/C11H15NO4S/c1-5-7(15-3)10-12-8(11(14)16-4)9(17-10)6(2)13/h7H,5H2,1-4H3. The number of methoxy groups -OCH3 is 2. The van der Waals surface area contributed by atoms with Gasteiger partial charge in [-0.2, -0.15) is 0 Å². The zero-order valence-electron chi connectivity index (χ0n) is 10.3. The van der Waals surface area contributed by atoms with E-state index in [1.807, 2.05) is 6.92 Å². The number of Topliss-reactive ketones (excluding diaryl/α,β-unsaturated/α-hetero) is 1. The summed E-state index contributed by atoms with van der Waals surface area (Å²) in [5.41, 5.74) is 0.0792. The lowest BCUT2D eigenvalue weighted by molar-refractivity contribution is 0.0589. The molecule has 1 unspecified atom stereocenters. The summed E-state index contributed by atoms with van der Waals surface area (Å²) < 4.78 is 9.83. The van der Waals surface area contributed by atoms with Gasteiger partial charge in [-0.3, -0.25) is 4.79 Å². The van der Waals surface area contributed by atoms with E-state index in [4.69, 9.17) is 4.74 Å². The van der Waals surface area contributed by atoms with Gasteiger partial charge in [-0.1, -0.05) is 6.92 Å². The summed E-state index contributed by atoms with van der Waals surface area (Å²) in [7, 11) is 2.83. The molecule has 1 aromatic rings. The molecule has 6 heteroatoms. The quantitative estimate of drug-likeness (QED) is 0.597. The van der Waals surface area contributed by atoms with Crippen molar-refractivity contribution in [3.8, 4) is 0 Å². The molecule has 0 aliphatic carbocycles. The van der Waals surface area contributed by atoms with Crippen molar-refractivity contribution in [2.45, 2.75) is 26.4 Å². The SMILES string of the molecule is CCC(OC)c1nc(C(=O)OC)c(C(C)=O)s1. The average molecular weight is 257 g/mol. The van der Waals surface area contributed by atoms with Gasteiger partial charge >= 0.3 is 5.97 Å². The van der Waals surface area contributed by atoms with E-state index in [9.17, 15) is 9.59 Å². The van der Waals surface area contributed by atoms with Crippen molar-refractivity contribution in [3.05, 3.63) is 15.6 Å². The first-order valence-corrected chi connectivity index (χ1v) is 5.99. The highest BCUT2D eigenvalue weighted by Crippen LogP contribution is 2.28. The first-order valence-electron chi connectivity index (χ1n) is 5.17. The predicted molar refractivity (Wildman–Crippen MR) is 63.5 cm³/mol. The third-order valence-corrected chi connectivity index (χ3v) is 3.52. The van der Waals surface area contributed by atoms with E-state index in [0.717, 1.165) is 6.42 Å². The molecule has 0 radical (unpaired) electrons. The first-order chi connectivity index (χ1) is 8.04. The lowest BCUT2D eigenvalue weighted by atomic mass is 10.2. The van der Waals surface area contributed by atoms with Crippen LogP contribution in [0, 0.1) is 0 Å². The molecule has 0 amide bonds. The van der Waals surface area contributed by atoms with Crippen molar-refractivity contribution in [3.63, 3.8) is 0 Å². The maximum Gasteiger partial charge on any atom is 0.358 e. The fourth-order valence-corrected chi connectivity index (χ4v) is 2.50. The van der Waals surface area contributed by atoms with Crippen molar-refractivity contribution >= 4 is 23.1 Å². The summed E-state index contributed by atoms with van der Waals surface area (Å²) in [6.45, 7) is 3.35. The van der Waals surface area contributed by atoms with Crippen molar-refractivity contribution < 1.29 is 19.1 Å². The van der Waals surface area contributed by atoms with Crippen LogP contribution < -0.4 is 0 Å². The Balaban J connectivity index is 3.20. The molecular formula is C11H15NO4S. The van der Waals surface area contributed by atoms with Gasteiger partial charge in [0, 0.05) is 14.0 Å². The number of hydrogen-bond donors (Lipinski definition) is 0. The van der Waals surface area contributed by atoms with E-state index in [0.29, 0.717) is 9.88 Å². The van der Waals surface area contributed by atoms with Crippen LogP contribution in [0.25, 0.3) is 0 Å². The number of nitrogens with zero attached hydrogens (tertiary/aromatic N) is 1. The van der Waals surface area contributed by atoms with E-state index in [1.165, 1.54) is 25.4 Å². The molecule has 0 saturated carbocycles. The second-order valence-electron chi connectivity index (χ2n) is 3.41. The van der Waals surface area contributed by atoms with Crippen molar-refractivity contribution in [2.24, 2.45) is 0 Å². The Kier molecular flexibility index (Phi) is 4.77. The maximum absolute atomic E-state index is 11.5. The zero-order valence-corrected chi connectivity index (χ0v) is 11.1. The van der Waals surface area contributed by atoms with Gasteiger partial charge in [0.15, 0.2) is 11.5 Å². The van der Waals surface area contributed by atoms with Crippen LogP contribution in [0.2, 0.25) is 0 Å². The highest BCUT2D eigenvalue weighted by atomic mass is 32.1. The highest BCUT2D eigenvalue weighted by Gasteiger charge is 2.24. The van der Waals surface area contributed by atoms with Crippen LogP contribution in [0.3, 0.4) is 0 Å². The largest absolute Gasteiger partial charge is 0.464 e. The number of esters is 1. The number of rotatable bonds is 5. The van der Waals surface area contributed by atoms with Crippen LogP contribution in [-0.2, 0) is 9.47 Å². The van der Waals surface area contributed by atoms with E-state index >= 15 is 0 Å². The number of hydrogen-bond acceptors (Lipinski definition) is 6. The van der Waals surface area contributed by atoms with Crippen LogP contribution in [0.4, 0.5) is 0 Å². The summed E-state index contributed by atoms with van der Waals surface area (Å²) in [6, 6.07) is 0. The average Bonchev–Trinajstić information content (AvgIpc) is 2.75. The number of thiazole rings is 1. The predicted octanol–water partition coefficient (Wildman–Crippen LogP) is 2.23. The molecule has 1 rings (SSSR count). The summed E-state index contributed by atoms with van der Waals surface area (Å²) in [4.78, 5) is 27.4. The second kappa shape index (κ2) is 5.88. The van der Waals surface area contributed by atoms with Crippen molar-refractivity contribution in [1.82, 2.24) is 4.98 Å². The Bertz CT molecular complexity index is 423. The molecule has 5 nitrogen and oxygen atoms in total. The minimum absolute atomic E-state index is 0.0792. The number of aromatic nitrogens is 1. The topological polar surface area (TPSA) is 65.5 Å². The minimum atomic E-state index is -0.594. The Morgan fingerprint density at radius 2 is 2.06 bits per heavy atom. The maximum atomic E-state index is 11.5. The Labute approximate surface area is 104 Å². The fraction of sp³-hybridized carbons (Fsp3) is 0.545. The molecule has 0 spiro atoms. The van der Waals surface area contributed by atoms with Gasteiger partial charge in [0.05, 0.1) is 7.11 Å². The molecule has 0 aliphatic rings. The Hall–Kier alpha value is -1.27. The van der Waals surface area contributed by atoms with Crippen molar-refractivity contribution in [1.29, 1.82) is 0 Å². The molecule has 0 aliphatic heterocycles. The first kappa shape index (κ1) is 13.8. The van der Waals surface area contributed by atoms with E-state index < -0.39 is 5.97 Å². The number of ether oxygens (including phenoxy) is 2. The summed E-state index contributed by atoms with van der Waals surface area (Å²) in [5.74, 6) is -0.788. The molecule has 0 aromatic carbocycles. The normalized spacial score (nSPS) is 12.2. The lowest BCUT2D eigenvalue weighted by Crippen LogP contribution is -2.07. The molecule has 17 heavy (non-hydrogen) atoms. The van der Waals surface area contributed by atoms with Crippen LogP contribution in [-0.4, -0.2) is 31.0 Å². The Morgan fingerprint density at radius 1 is 1.41 bits per heavy atom. The third-order valence-electron chi connectivity index (χ3n) is 2.27. The summed E-state index contributed by atoms with van der Waals surface area (Å²) >= 11 is 1.18. The number of carbonyl (C=O) groups is 2. The van der Waals surface area contributed by atoms with Gasteiger partial charge in [0.2, 0.25) is 0 Å². The van der Waals surface area contributed by atoms with Crippen LogP contribution in [0.5, 0.6) is 0 Å². The van der Waals surface area contributed by atoms with E-state index in [-0.39, 0.29) is 17.6 Å². The molecular weight excluding hydrogens is 242 g/mol. The van der Waals surface area contributed by atoms with Crippen LogP contribution in [0.1, 0.15) is 51.5 Å². The summed E-state index contributed by atoms with van der Waals surface area (Å²) in [5, 5.41) is 0.626. The molecule has 1 atom stereocenters. The van der Waals surface area contributed by atoms with Gasteiger partial charge in [-0.25, -0.2) is 9.78 Å². The lowest BCUT2D eigenvalue weighted by Gasteiger charge is -2.08. The van der Waals surface area contributed by atoms with Gasteiger partial charge in [-0.15, -0.1) is 11.3 Å². The van der Waals surface area contributed by atoms with E-state index in [2.05, 4.69) is 9.72 Å². The van der Waals surface area contributed by atoms with Gasteiger partial charge in [-0.05, 0) is 6.42 Å². The van der Waals surface area contributed by atoms with Gasteiger partial charge < -0.3 is 9.47 Å². The molecule has 0 saturated heterocycles. The van der Waals surface area contributed by atoms with E-state index in [1.54, 1.807) is 7.11 Å². The van der Waals surface area contributed by atoms with Crippen LogP contribution >= 0.6 is 11.3 Å². The third kappa shape index (κ3) is 2.89. The molecule has 0 fully saturated rings. The second-order valence-corrected chi connectivity index (χ2v) is 4.44. The van der Waals surface area contributed by atoms with Gasteiger partial charge in [0.25, 0.3) is 0 Å². The molecule has 94 valence electrons. The minimum Gasteiger partial charge on any atom is -0.464 e. The monoisotopic (exact) mass is 257 g/mol. The molecule has 0 N–H and O–H groups in total. The fourth-order valence-electron chi connectivity index (χ4n) is 1.39. The number of carbonyl (C=O) groups excluding carboxylic acids is 2. The zero-order chi connectivity index (χ0) is 13.0. The molecule has 1 aromatic heterocycles. The summed E-state index contributed by atoms with van der Waals surface area (Å²) in [6.07, 6.45) is 0.526. The van der Waals surface area contributed by atoms with Gasteiger partial charge in [0.1, 0.15) is 16.0 Å². The molecule has 1 heterocycles. The Morgan fingerprint density at radius 3 is 2.47 bits per heavy atom. The smallest absolute Gasteiger partial charge is 0.358 e. The molecule has 0 bridgehead atoms. The van der Waals surface area contributed by atoms with Crippen molar-refractivity contribution in [2.75, 3.05) is 14.2 Å².